The smallest absolute Gasteiger partial charge is 0.410 e. The number of ether oxygens (including phenoxy) is 1. The highest BCUT2D eigenvalue weighted by atomic mass is 16.6. The number of carbonyl (C=O) groups excluding carboxylic acids is 2. The largest absolute Gasteiger partial charge is 0.413 e. The Hall–Kier alpha value is -2.04. The zero-order valence-electron chi connectivity index (χ0n) is 11.0. The van der Waals surface area contributed by atoms with Gasteiger partial charge in [0.1, 0.15) is 11.8 Å². The Labute approximate surface area is 112 Å². The van der Waals surface area contributed by atoms with Gasteiger partial charge in [-0.3, -0.25) is 4.79 Å². The maximum Gasteiger partial charge on any atom is 0.413 e. The summed E-state index contributed by atoms with van der Waals surface area (Å²) in [5.74, 6) is 0.406. The van der Waals surface area contributed by atoms with Crippen molar-refractivity contribution in [1.29, 1.82) is 0 Å². The minimum absolute atomic E-state index is 0.0532. The van der Waals surface area contributed by atoms with Crippen molar-refractivity contribution < 1.29 is 14.3 Å². The molecule has 1 N–H and O–H groups in total. The van der Waals surface area contributed by atoms with Crippen LogP contribution in [0, 0.1) is 0 Å². The zero-order valence-corrected chi connectivity index (χ0v) is 11.0. The van der Waals surface area contributed by atoms with Gasteiger partial charge in [0.15, 0.2) is 0 Å². The van der Waals surface area contributed by atoms with Crippen molar-refractivity contribution in [2.24, 2.45) is 0 Å². The Balaban J connectivity index is 1.83. The molecule has 2 rings (SSSR count). The Kier molecular flexibility index (Phi) is 4.39. The van der Waals surface area contributed by atoms with Crippen molar-refractivity contribution in [2.45, 2.75) is 25.8 Å². The van der Waals surface area contributed by atoms with Crippen molar-refractivity contribution in [2.75, 3.05) is 13.1 Å². The highest BCUT2D eigenvalue weighted by Gasteiger charge is 2.24. The monoisotopic (exact) mass is 262 g/mol. The number of hydrogen-bond acceptors (Lipinski definition) is 3. The van der Waals surface area contributed by atoms with Gasteiger partial charge in [-0.2, -0.15) is 0 Å². The van der Waals surface area contributed by atoms with Gasteiger partial charge in [0.05, 0.1) is 0 Å². The van der Waals surface area contributed by atoms with Crippen molar-refractivity contribution >= 4 is 12.0 Å². The van der Waals surface area contributed by atoms with E-state index < -0.39 is 12.1 Å². The standard InChI is InChI=1S/C14H18N2O3/c1-11(13(17)16-9-5-6-10-16)15-14(18)19-12-7-3-2-4-8-12/h2-4,7-8,11H,5-6,9-10H2,1H3,(H,15,18). The third-order valence-electron chi connectivity index (χ3n) is 3.08. The van der Waals surface area contributed by atoms with E-state index in [0.29, 0.717) is 5.75 Å². The van der Waals surface area contributed by atoms with E-state index >= 15 is 0 Å². The van der Waals surface area contributed by atoms with E-state index in [1.54, 1.807) is 36.1 Å². The third kappa shape index (κ3) is 3.71. The van der Waals surface area contributed by atoms with Crippen molar-refractivity contribution in [3.63, 3.8) is 0 Å². The molecule has 1 aliphatic heterocycles. The molecule has 1 unspecified atom stereocenters. The quantitative estimate of drug-likeness (QED) is 0.903. The second-order valence-electron chi connectivity index (χ2n) is 4.60. The van der Waals surface area contributed by atoms with Crippen LogP contribution in [0.15, 0.2) is 30.3 Å². The Morgan fingerprint density at radius 2 is 1.84 bits per heavy atom. The second-order valence-corrected chi connectivity index (χ2v) is 4.60. The predicted molar refractivity (Wildman–Crippen MR) is 70.9 cm³/mol. The van der Waals surface area contributed by atoms with E-state index in [9.17, 15) is 9.59 Å². The van der Waals surface area contributed by atoms with Gasteiger partial charge in [-0.15, -0.1) is 0 Å². The van der Waals surface area contributed by atoms with Gasteiger partial charge in [0, 0.05) is 13.1 Å². The van der Waals surface area contributed by atoms with Crippen LogP contribution < -0.4 is 10.1 Å². The Morgan fingerprint density at radius 3 is 2.47 bits per heavy atom. The zero-order chi connectivity index (χ0) is 13.7. The SMILES string of the molecule is CC(NC(=O)Oc1ccccc1)C(=O)N1CCCC1. The first-order valence-electron chi connectivity index (χ1n) is 6.49. The lowest BCUT2D eigenvalue weighted by Gasteiger charge is -2.20. The number of benzene rings is 1. The Morgan fingerprint density at radius 1 is 1.21 bits per heavy atom. The van der Waals surface area contributed by atoms with Crippen LogP contribution in [0.1, 0.15) is 19.8 Å². The number of rotatable bonds is 3. The fourth-order valence-corrected chi connectivity index (χ4v) is 2.07. The molecule has 0 aromatic heterocycles. The summed E-state index contributed by atoms with van der Waals surface area (Å²) >= 11 is 0. The lowest BCUT2D eigenvalue weighted by molar-refractivity contribution is -0.131. The van der Waals surface area contributed by atoms with Gasteiger partial charge in [0.25, 0.3) is 0 Å². The van der Waals surface area contributed by atoms with E-state index in [1.807, 2.05) is 6.07 Å². The molecule has 0 radical (unpaired) electrons. The van der Waals surface area contributed by atoms with Gasteiger partial charge < -0.3 is 15.0 Å². The van der Waals surface area contributed by atoms with Crippen LogP contribution in [-0.2, 0) is 4.79 Å². The van der Waals surface area contributed by atoms with Gasteiger partial charge in [-0.05, 0) is 31.9 Å². The molecule has 5 nitrogen and oxygen atoms in total. The van der Waals surface area contributed by atoms with Crippen LogP contribution in [0.4, 0.5) is 4.79 Å². The lowest BCUT2D eigenvalue weighted by atomic mass is 10.3. The van der Waals surface area contributed by atoms with E-state index in [2.05, 4.69) is 5.32 Å². The minimum atomic E-state index is -0.605. The van der Waals surface area contributed by atoms with E-state index in [1.165, 1.54) is 0 Å². The number of carbonyl (C=O) groups is 2. The number of para-hydroxylation sites is 1. The molecule has 2 amide bonds. The number of likely N-dealkylation sites (tertiary alicyclic amines) is 1. The third-order valence-corrected chi connectivity index (χ3v) is 3.08. The number of hydrogen-bond donors (Lipinski definition) is 1. The van der Waals surface area contributed by atoms with Crippen LogP contribution in [0.5, 0.6) is 5.75 Å². The first-order chi connectivity index (χ1) is 9.16. The number of amides is 2. The summed E-state index contributed by atoms with van der Waals surface area (Å²) in [6, 6.07) is 8.21. The molecule has 0 aliphatic carbocycles. The number of nitrogens with one attached hydrogen (secondary N) is 1. The molecule has 1 fully saturated rings. The van der Waals surface area contributed by atoms with Crippen LogP contribution in [0.2, 0.25) is 0 Å². The highest BCUT2D eigenvalue weighted by Crippen LogP contribution is 2.10. The maximum atomic E-state index is 12.0. The van der Waals surface area contributed by atoms with Crippen molar-refractivity contribution in [1.82, 2.24) is 10.2 Å². The minimum Gasteiger partial charge on any atom is -0.410 e. The predicted octanol–water partition coefficient (Wildman–Crippen LogP) is 1.79. The maximum absolute atomic E-state index is 12.0. The van der Waals surface area contributed by atoms with Gasteiger partial charge >= 0.3 is 6.09 Å². The highest BCUT2D eigenvalue weighted by molar-refractivity contribution is 5.85. The fourth-order valence-electron chi connectivity index (χ4n) is 2.07. The van der Waals surface area contributed by atoms with E-state index in [0.717, 1.165) is 25.9 Å². The van der Waals surface area contributed by atoms with E-state index in [4.69, 9.17) is 4.74 Å². The van der Waals surface area contributed by atoms with Gasteiger partial charge in [-0.25, -0.2) is 4.79 Å². The summed E-state index contributed by atoms with van der Waals surface area (Å²) in [5, 5.41) is 2.55. The molecular weight excluding hydrogens is 244 g/mol. The summed E-state index contributed by atoms with van der Waals surface area (Å²) in [6.07, 6.45) is 1.46. The molecule has 1 aliphatic rings. The fraction of sp³-hybridized carbons (Fsp3) is 0.429. The number of nitrogens with zero attached hydrogens (tertiary/aromatic N) is 1. The molecule has 1 heterocycles. The normalized spacial score (nSPS) is 15.9. The van der Waals surface area contributed by atoms with Crippen LogP contribution in [-0.4, -0.2) is 36.0 Å². The summed E-state index contributed by atoms with van der Waals surface area (Å²) in [6.45, 7) is 3.23. The molecule has 102 valence electrons. The lowest BCUT2D eigenvalue weighted by Crippen LogP contribution is -2.46. The molecule has 0 bridgehead atoms. The molecule has 1 aromatic rings. The average molecular weight is 262 g/mol. The van der Waals surface area contributed by atoms with Crippen molar-refractivity contribution in [3.8, 4) is 5.75 Å². The first kappa shape index (κ1) is 13.4. The summed E-state index contributed by atoms with van der Waals surface area (Å²) in [5.41, 5.74) is 0. The van der Waals surface area contributed by atoms with Crippen LogP contribution >= 0.6 is 0 Å². The molecule has 1 saturated heterocycles. The molecule has 0 spiro atoms. The molecule has 5 heteroatoms. The first-order valence-corrected chi connectivity index (χ1v) is 6.49. The van der Waals surface area contributed by atoms with Gasteiger partial charge in [0.2, 0.25) is 5.91 Å². The van der Waals surface area contributed by atoms with Crippen LogP contribution in [0.3, 0.4) is 0 Å². The van der Waals surface area contributed by atoms with Gasteiger partial charge in [-0.1, -0.05) is 18.2 Å². The molecule has 1 atom stereocenters. The summed E-state index contributed by atoms with van der Waals surface area (Å²) < 4.78 is 5.08. The van der Waals surface area contributed by atoms with E-state index in [-0.39, 0.29) is 5.91 Å². The molecule has 1 aromatic carbocycles. The Bertz CT molecular complexity index is 441. The summed E-state index contributed by atoms with van der Waals surface area (Å²) in [4.78, 5) is 25.4. The molecule has 19 heavy (non-hydrogen) atoms. The molecular formula is C14H18N2O3. The second kappa shape index (κ2) is 6.22. The summed E-state index contributed by atoms with van der Waals surface area (Å²) in [7, 11) is 0. The average Bonchev–Trinajstić information content (AvgIpc) is 2.92. The molecule has 0 saturated carbocycles. The van der Waals surface area contributed by atoms with Crippen LogP contribution in [0.25, 0.3) is 0 Å². The van der Waals surface area contributed by atoms with Crippen molar-refractivity contribution in [3.05, 3.63) is 30.3 Å². The topological polar surface area (TPSA) is 58.6 Å².